The van der Waals surface area contributed by atoms with Crippen LogP contribution in [0.15, 0.2) is 24.3 Å². The number of carbonyl (C=O) groups excluding carboxylic acids is 1. The SMILES string of the molecule is CCOC(=O)CN1CCC2(CC1)c1ccccc1[C@@H](N1CCCC1)[C@@H]2O. The molecule has 1 aliphatic carbocycles. The molecule has 0 bridgehead atoms. The van der Waals surface area contributed by atoms with E-state index >= 15 is 0 Å². The molecule has 0 amide bonds. The molecule has 1 aromatic rings. The quantitative estimate of drug-likeness (QED) is 0.836. The van der Waals surface area contributed by atoms with Crippen LogP contribution in [0.5, 0.6) is 0 Å². The smallest absolute Gasteiger partial charge is 0.320 e. The molecule has 0 radical (unpaired) electrons. The normalized spacial score (nSPS) is 28.4. The molecule has 4 rings (SSSR count). The van der Waals surface area contributed by atoms with Gasteiger partial charge in [0, 0.05) is 5.41 Å². The van der Waals surface area contributed by atoms with E-state index in [4.69, 9.17) is 4.74 Å². The Bertz CT molecular complexity index is 648. The maximum Gasteiger partial charge on any atom is 0.320 e. The number of likely N-dealkylation sites (tertiary alicyclic amines) is 2. The number of aliphatic hydroxyl groups is 1. The van der Waals surface area contributed by atoms with E-state index in [-0.39, 0.29) is 23.5 Å². The van der Waals surface area contributed by atoms with Gasteiger partial charge in [0.05, 0.1) is 25.3 Å². The average molecular weight is 358 g/mol. The monoisotopic (exact) mass is 358 g/mol. The van der Waals surface area contributed by atoms with Gasteiger partial charge in [-0.25, -0.2) is 0 Å². The first-order chi connectivity index (χ1) is 12.7. The molecule has 142 valence electrons. The summed E-state index contributed by atoms with van der Waals surface area (Å²) in [7, 11) is 0. The maximum atomic E-state index is 11.8. The zero-order valence-electron chi connectivity index (χ0n) is 15.7. The fraction of sp³-hybridized carbons (Fsp3) is 0.667. The topological polar surface area (TPSA) is 53.0 Å². The molecule has 2 heterocycles. The molecule has 2 aliphatic heterocycles. The summed E-state index contributed by atoms with van der Waals surface area (Å²) < 4.78 is 5.09. The van der Waals surface area contributed by atoms with E-state index < -0.39 is 0 Å². The molecule has 0 saturated carbocycles. The number of nitrogens with zero attached hydrogens (tertiary/aromatic N) is 2. The van der Waals surface area contributed by atoms with Crippen LogP contribution in [0.1, 0.15) is 49.8 Å². The third-order valence-electron chi connectivity index (χ3n) is 6.62. The van der Waals surface area contributed by atoms with Crippen LogP contribution in [0, 0.1) is 0 Å². The summed E-state index contributed by atoms with van der Waals surface area (Å²) in [5, 5.41) is 11.4. The average Bonchev–Trinajstić information content (AvgIpc) is 3.24. The number of carbonyl (C=O) groups is 1. The highest BCUT2D eigenvalue weighted by atomic mass is 16.5. The van der Waals surface area contributed by atoms with Crippen LogP contribution in [-0.4, -0.2) is 66.3 Å². The molecule has 1 aromatic carbocycles. The molecule has 0 unspecified atom stereocenters. The highest BCUT2D eigenvalue weighted by Gasteiger charge is 2.54. The lowest BCUT2D eigenvalue weighted by Gasteiger charge is -2.43. The minimum Gasteiger partial charge on any atom is -0.465 e. The van der Waals surface area contributed by atoms with Crippen LogP contribution in [0.2, 0.25) is 0 Å². The Balaban J connectivity index is 1.54. The molecule has 2 saturated heterocycles. The Hall–Kier alpha value is -1.43. The second-order valence-corrected chi connectivity index (χ2v) is 7.96. The van der Waals surface area contributed by atoms with Crippen molar-refractivity contribution in [3.63, 3.8) is 0 Å². The number of ether oxygens (including phenoxy) is 1. The summed E-state index contributed by atoms with van der Waals surface area (Å²) in [5.74, 6) is -0.147. The summed E-state index contributed by atoms with van der Waals surface area (Å²) in [4.78, 5) is 16.4. The second kappa shape index (κ2) is 7.29. The minimum atomic E-state index is -0.359. The number of hydrogen-bond donors (Lipinski definition) is 1. The molecule has 0 aromatic heterocycles. The molecular weight excluding hydrogens is 328 g/mol. The van der Waals surface area contributed by atoms with E-state index in [9.17, 15) is 9.90 Å². The van der Waals surface area contributed by atoms with Crippen LogP contribution in [0.25, 0.3) is 0 Å². The lowest BCUT2D eigenvalue weighted by Crippen LogP contribution is -2.50. The van der Waals surface area contributed by atoms with Crippen molar-refractivity contribution in [1.29, 1.82) is 0 Å². The van der Waals surface area contributed by atoms with Crippen LogP contribution in [0.4, 0.5) is 0 Å². The first-order valence-corrected chi connectivity index (χ1v) is 10.1. The molecule has 5 nitrogen and oxygen atoms in total. The third-order valence-corrected chi connectivity index (χ3v) is 6.62. The summed E-state index contributed by atoms with van der Waals surface area (Å²) in [6.07, 6.45) is 3.89. The van der Waals surface area contributed by atoms with Crippen LogP contribution >= 0.6 is 0 Å². The number of esters is 1. The van der Waals surface area contributed by atoms with Crippen molar-refractivity contribution in [2.45, 2.75) is 50.2 Å². The number of piperidine rings is 1. The minimum absolute atomic E-state index is 0.130. The van der Waals surface area contributed by atoms with Gasteiger partial charge in [-0.2, -0.15) is 0 Å². The van der Waals surface area contributed by atoms with Crippen LogP contribution < -0.4 is 0 Å². The zero-order chi connectivity index (χ0) is 18.1. The number of aliphatic hydroxyl groups excluding tert-OH is 1. The Morgan fingerprint density at radius 2 is 1.88 bits per heavy atom. The summed E-state index contributed by atoms with van der Waals surface area (Å²) in [6, 6.07) is 8.76. The zero-order valence-corrected chi connectivity index (χ0v) is 15.7. The number of fused-ring (bicyclic) bond motifs is 2. The lowest BCUT2D eigenvalue weighted by molar-refractivity contribution is -0.145. The van der Waals surface area contributed by atoms with Crippen LogP contribution in [0.3, 0.4) is 0 Å². The fourth-order valence-electron chi connectivity index (χ4n) is 5.32. The molecular formula is C21H30N2O3. The van der Waals surface area contributed by atoms with Gasteiger partial charge in [0.2, 0.25) is 0 Å². The van der Waals surface area contributed by atoms with E-state index in [0.29, 0.717) is 13.2 Å². The summed E-state index contributed by atoms with van der Waals surface area (Å²) in [5.41, 5.74) is 2.48. The Morgan fingerprint density at radius 3 is 2.58 bits per heavy atom. The van der Waals surface area contributed by atoms with E-state index in [1.54, 1.807) is 0 Å². The van der Waals surface area contributed by atoms with E-state index in [0.717, 1.165) is 39.0 Å². The highest BCUT2D eigenvalue weighted by molar-refractivity contribution is 5.71. The van der Waals surface area contributed by atoms with Crippen molar-refractivity contribution in [3.05, 3.63) is 35.4 Å². The van der Waals surface area contributed by atoms with Crippen molar-refractivity contribution >= 4 is 5.97 Å². The highest BCUT2D eigenvalue weighted by Crippen LogP contribution is 2.53. The summed E-state index contributed by atoms with van der Waals surface area (Å²) >= 11 is 0. The predicted molar refractivity (Wildman–Crippen MR) is 100.0 cm³/mol. The van der Waals surface area contributed by atoms with Gasteiger partial charge in [0.15, 0.2) is 0 Å². The van der Waals surface area contributed by atoms with E-state index in [2.05, 4.69) is 34.1 Å². The van der Waals surface area contributed by atoms with Gasteiger partial charge in [-0.3, -0.25) is 14.6 Å². The standard InChI is InChI=1S/C21H30N2O3/c1-2-26-18(24)15-22-13-9-21(10-14-22)17-8-4-3-7-16(17)19(20(21)25)23-11-5-6-12-23/h3-4,7-8,19-20,25H,2,5-6,9-15H2,1H3/t19-,20+/m1/s1. The molecule has 3 aliphatic rings. The molecule has 2 fully saturated rings. The Kier molecular flexibility index (Phi) is 5.04. The molecule has 1 spiro atoms. The van der Waals surface area contributed by atoms with Gasteiger partial charge in [0.25, 0.3) is 0 Å². The largest absolute Gasteiger partial charge is 0.465 e. The van der Waals surface area contributed by atoms with Gasteiger partial charge < -0.3 is 9.84 Å². The molecule has 2 atom stereocenters. The predicted octanol–water partition coefficient (Wildman–Crippen LogP) is 2.09. The summed E-state index contributed by atoms with van der Waals surface area (Å²) in [6.45, 7) is 6.46. The van der Waals surface area contributed by atoms with Crippen molar-refractivity contribution in [1.82, 2.24) is 9.80 Å². The Morgan fingerprint density at radius 1 is 1.19 bits per heavy atom. The van der Waals surface area contributed by atoms with Crippen molar-refractivity contribution in [3.8, 4) is 0 Å². The van der Waals surface area contributed by atoms with Gasteiger partial charge in [0.1, 0.15) is 0 Å². The van der Waals surface area contributed by atoms with Crippen molar-refractivity contribution in [2.24, 2.45) is 0 Å². The van der Waals surface area contributed by atoms with Crippen molar-refractivity contribution < 1.29 is 14.6 Å². The van der Waals surface area contributed by atoms with Gasteiger partial charge in [-0.1, -0.05) is 24.3 Å². The third kappa shape index (κ3) is 2.96. The maximum absolute atomic E-state index is 11.8. The fourth-order valence-corrected chi connectivity index (χ4v) is 5.32. The first kappa shape index (κ1) is 18.0. The van der Waals surface area contributed by atoms with Gasteiger partial charge in [-0.05, 0) is 69.9 Å². The van der Waals surface area contributed by atoms with Gasteiger partial charge in [-0.15, -0.1) is 0 Å². The molecule has 1 N–H and O–H groups in total. The second-order valence-electron chi connectivity index (χ2n) is 7.96. The van der Waals surface area contributed by atoms with E-state index in [1.807, 2.05) is 6.92 Å². The molecule has 26 heavy (non-hydrogen) atoms. The van der Waals surface area contributed by atoms with E-state index in [1.165, 1.54) is 24.0 Å². The first-order valence-electron chi connectivity index (χ1n) is 10.1. The van der Waals surface area contributed by atoms with Crippen LogP contribution in [-0.2, 0) is 14.9 Å². The van der Waals surface area contributed by atoms with Gasteiger partial charge >= 0.3 is 5.97 Å². The number of hydrogen-bond acceptors (Lipinski definition) is 5. The number of rotatable bonds is 4. The van der Waals surface area contributed by atoms with Crippen molar-refractivity contribution in [2.75, 3.05) is 39.3 Å². The number of benzene rings is 1. The molecule has 5 heteroatoms. The lowest BCUT2D eigenvalue weighted by atomic mass is 9.72. The Labute approximate surface area is 155 Å².